The van der Waals surface area contributed by atoms with Crippen LogP contribution in [0.4, 0.5) is 17.1 Å². The Bertz CT molecular complexity index is 1640. The molecule has 0 spiro atoms. The summed E-state index contributed by atoms with van der Waals surface area (Å²) < 4.78 is 35.0. The van der Waals surface area contributed by atoms with Crippen molar-refractivity contribution in [3.05, 3.63) is 107 Å². The second-order valence-corrected chi connectivity index (χ2v) is 9.14. The van der Waals surface area contributed by atoms with E-state index >= 15 is 0 Å². The van der Waals surface area contributed by atoms with Crippen molar-refractivity contribution in [1.82, 2.24) is 0 Å². The molecule has 8 nitrogen and oxygen atoms in total. The standard InChI is InChI=1S/C26H18N2O6S.Na/c29-20-14-19(28-18-12-6-7-13-21(18)35(32,33)34)26(31)23-22(20)24(27-15-8-2-1-3-9-15)16-10-4-5-11-17(16)25(23)30;/h1-14,28-29,31H,(H,32,33,34);/q;+1/p-1. The van der Waals surface area contributed by atoms with E-state index in [-0.39, 0.29) is 63.4 Å². The Morgan fingerprint density at radius 3 is 2.08 bits per heavy atom. The predicted molar refractivity (Wildman–Crippen MR) is 129 cm³/mol. The van der Waals surface area contributed by atoms with E-state index in [0.29, 0.717) is 17.0 Å². The average Bonchev–Trinajstić information content (AvgIpc) is 2.84. The van der Waals surface area contributed by atoms with E-state index in [0.717, 1.165) is 12.1 Å². The van der Waals surface area contributed by atoms with Gasteiger partial charge in [0.25, 0.3) is 0 Å². The Morgan fingerprint density at radius 1 is 0.778 bits per heavy atom. The minimum absolute atomic E-state index is 0. The monoisotopic (exact) mass is 508 g/mol. The fourth-order valence-electron chi connectivity index (χ4n) is 4.05. The number of phenols is 2. The summed E-state index contributed by atoms with van der Waals surface area (Å²) >= 11 is 0. The van der Waals surface area contributed by atoms with Crippen LogP contribution in [0.3, 0.4) is 0 Å². The van der Waals surface area contributed by atoms with E-state index < -0.39 is 26.5 Å². The fourth-order valence-corrected chi connectivity index (χ4v) is 4.69. The molecule has 0 unspecified atom stereocenters. The Kier molecular flexibility index (Phi) is 7.03. The van der Waals surface area contributed by atoms with Gasteiger partial charge in [0.15, 0.2) is 11.5 Å². The molecule has 10 heteroatoms. The molecule has 0 saturated heterocycles. The molecule has 1 aliphatic carbocycles. The number of carbonyl (C=O) groups excluding carboxylic acids is 1. The molecule has 1 aliphatic rings. The number of benzene rings is 4. The second-order valence-electron chi connectivity index (χ2n) is 7.79. The third-order valence-corrected chi connectivity index (χ3v) is 6.49. The SMILES string of the molecule is O=C1c2ccccc2C(=Nc2ccccc2)c2c(O)cc(Nc3ccccc3S(=O)(=O)[O-])c(O)c21.[Na+]. The summed E-state index contributed by atoms with van der Waals surface area (Å²) in [6, 6.07) is 22.2. The molecule has 4 aromatic rings. The molecule has 0 bridgehead atoms. The van der Waals surface area contributed by atoms with Crippen LogP contribution in [0.15, 0.2) is 94.8 Å². The van der Waals surface area contributed by atoms with Gasteiger partial charge in [-0.2, -0.15) is 0 Å². The zero-order valence-corrected chi connectivity index (χ0v) is 21.8. The van der Waals surface area contributed by atoms with Crippen molar-refractivity contribution in [1.29, 1.82) is 0 Å². The van der Waals surface area contributed by atoms with Gasteiger partial charge >= 0.3 is 29.6 Å². The summed E-state index contributed by atoms with van der Waals surface area (Å²) in [4.78, 5) is 17.5. The molecule has 0 radical (unpaired) electrons. The summed E-state index contributed by atoms with van der Waals surface area (Å²) in [5.41, 5.74) is 1.24. The quantitative estimate of drug-likeness (QED) is 0.145. The van der Waals surface area contributed by atoms with Crippen LogP contribution in [-0.4, -0.2) is 34.7 Å². The summed E-state index contributed by atoms with van der Waals surface area (Å²) in [7, 11) is -4.83. The number of hydrogen-bond acceptors (Lipinski definition) is 8. The third-order valence-electron chi connectivity index (χ3n) is 5.59. The molecular formula is C26H17N2NaO6S. The maximum atomic E-state index is 13.4. The molecule has 0 fully saturated rings. The van der Waals surface area contributed by atoms with E-state index in [2.05, 4.69) is 10.3 Å². The van der Waals surface area contributed by atoms with Gasteiger partial charge in [-0.25, -0.2) is 13.4 Å². The predicted octanol–water partition coefficient (Wildman–Crippen LogP) is 1.46. The Balaban J connectivity index is 0.00000304. The van der Waals surface area contributed by atoms with Gasteiger partial charge in [-0.05, 0) is 24.3 Å². The largest absolute Gasteiger partial charge is 1.00 e. The van der Waals surface area contributed by atoms with Crippen LogP contribution in [0.1, 0.15) is 27.0 Å². The number of hydrogen-bond donors (Lipinski definition) is 3. The van der Waals surface area contributed by atoms with Crippen molar-refractivity contribution in [2.75, 3.05) is 5.32 Å². The van der Waals surface area contributed by atoms with Gasteiger partial charge in [-0.1, -0.05) is 54.6 Å². The average molecular weight is 508 g/mol. The number of para-hydroxylation sites is 2. The first-order valence-electron chi connectivity index (χ1n) is 10.4. The number of aliphatic imine (C=N–C) groups is 1. The third kappa shape index (κ3) is 4.55. The summed E-state index contributed by atoms with van der Waals surface area (Å²) in [5.74, 6) is -1.42. The molecule has 4 aromatic carbocycles. The van der Waals surface area contributed by atoms with Gasteiger partial charge in [0.1, 0.15) is 15.9 Å². The van der Waals surface area contributed by atoms with E-state index in [1.165, 1.54) is 18.2 Å². The number of fused-ring (bicyclic) bond motifs is 2. The van der Waals surface area contributed by atoms with Crippen molar-refractivity contribution < 1.29 is 57.5 Å². The van der Waals surface area contributed by atoms with Crippen molar-refractivity contribution >= 4 is 38.7 Å². The molecule has 174 valence electrons. The minimum Gasteiger partial charge on any atom is -0.744 e. The van der Waals surface area contributed by atoms with Crippen LogP contribution in [0.2, 0.25) is 0 Å². The Labute approximate surface area is 229 Å². The minimum atomic E-state index is -4.83. The maximum absolute atomic E-state index is 13.4. The molecule has 36 heavy (non-hydrogen) atoms. The van der Waals surface area contributed by atoms with Crippen LogP contribution in [0, 0.1) is 0 Å². The van der Waals surface area contributed by atoms with Gasteiger partial charge in [-0.3, -0.25) is 4.79 Å². The van der Waals surface area contributed by atoms with Crippen molar-refractivity contribution in [2.45, 2.75) is 4.90 Å². The van der Waals surface area contributed by atoms with E-state index in [1.807, 2.05) is 6.07 Å². The number of aromatic hydroxyl groups is 2. The normalized spacial score (nSPS) is 13.5. The van der Waals surface area contributed by atoms with E-state index in [1.54, 1.807) is 48.5 Å². The van der Waals surface area contributed by atoms with Gasteiger partial charge in [0.05, 0.1) is 38.8 Å². The van der Waals surface area contributed by atoms with Crippen LogP contribution >= 0.6 is 0 Å². The molecule has 3 N–H and O–H groups in total. The van der Waals surface area contributed by atoms with Crippen molar-refractivity contribution in [3.63, 3.8) is 0 Å². The van der Waals surface area contributed by atoms with Crippen LogP contribution < -0.4 is 34.9 Å². The Hall–Kier alpha value is -3.47. The number of nitrogens with zero attached hydrogens (tertiary/aromatic N) is 1. The van der Waals surface area contributed by atoms with Crippen LogP contribution in [0.25, 0.3) is 0 Å². The molecule has 0 saturated carbocycles. The molecule has 5 rings (SSSR count). The second kappa shape index (κ2) is 9.88. The van der Waals surface area contributed by atoms with Crippen molar-refractivity contribution in [3.8, 4) is 11.5 Å². The fraction of sp³-hybridized carbons (Fsp3) is 0. The van der Waals surface area contributed by atoms with Gasteiger partial charge in [0, 0.05) is 17.2 Å². The molecule has 0 aromatic heterocycles. The van der Waals surface area contributed by atoms with Gasteiger partial charge in [-0.15, -0.1) is 0 Å². The molecule has 0 atom stereocenters. The number of phenolic OH excluding ortho intramolecular Hbond substituents is 2. The Morgan fingerprint density at radius 2 is 1.39 bits per heavy atom. The van der Waals surface area contributed by atoms with Crippen LogP contribution in [-0.2, 0) is 10.1 Å². The van der Waals surface area contributed by atoms with E-state index in [9.17, 15) is 28.0 Å². The number of rotatable bonds is 4. The molecule has 0 heterocycles. The summed E-state index contributed by atoms with van der Waals surface area (Å²) in [5, 5.41) is 24.8. The molecule has 0 amide bonds. The molecular weight excluding hydrogens is 491 g/mol. The summed E-state index contributed by atoms with van der Waals surface area (Å²) in [6.07, 6.45) is 0. The van der Waals surface area contributed by atoms with Gasteiger partial charge in [0.2, 0.25) is 0 Å². The van der Waals surface area contributed by atoms with E-state index in [4.69, 9.17) is 0 Å². The first-order valence-corrected chi connectivity index (χ1v) is 11.9. The van der Waals surface area contributed by atoms with Crippen LogP contribution in [0.5, 0.6) is 11.5 Å². The topological polar surface area (TPSA) is 139 Å². The number of nitrogens with one attached hydrogen (secondary N) is 1. The maximum Gasteiger partial charge on any atom is 1.00 e. The number of ketones is 1. The molecule has 0 aliphatic heterocycles. The first kappa shape index (κ1) is 25.6. The zero-order valence-electron chi connectivity index (χ0n) is 19.0. The van der Waals surface area contributed by atoms with Crippen molar-refractivity contribution in [2.24, 2.45) is 4.99 Å². The smallest absolute Gasteiger partial charge is 0.744 e. The summed E-state index contributed by atoms with van der Waals surface area (Å²) in [6.45, 7) is 0. The van der Waals surface area contributed by atoms with Gasteiger partial charge < -0.3 is 20.1 Å². The number of carbonyl (C=O) groups is 1. The first-order chi connectivity index (χ1) is 16.8. The zero-order chi connectivity index (χ0) is 24.7. The number of anilines is 2.